The third-order valence-corrected chi connectivity index (χ3v) is 3.66. The van der Waals surface area contributed by atoms with Gasteiger partial charge < -0.3 is 4.74 Å². The average Bonchev–Trinajstić information content (AvgIpc) is 2.76. The highest BCUT2D eigenvalue weighted by molar-refractivity contribution is 8.13. The molecule has 0 saturated heterocycles. The van der Waals surface area contributed by atoms with Gasteiger partial charge in [0.2, 0.25) is 9.05 Å². The summed E-state index contributed by atoms with van der Waals surface area (Å²) in [5, 5.41) is 0. The minimum atomic E-state index is -3.53. The Balaban J connectivity index is 2.56. The zero-order valence-electron chi connectivity index (χ0n) is 9.75. The summed E-state index contributed by atoms with van der Waals surface area (Å²) in [6.45, 7) is 5.37. The van der Waals surface area contributed by atoms with Crippen LogP contribution in [-0.2, 0) is 18.6 Å². The molecule has 1 aliphatic rings. The van der Waals surface area contributed by atoms with E-state index in [1.807, 2.05) is 0 Å². The maximum absolute atomic E-state index is 11.8. The molecule has 1 rings (SSSR count). The largest absolute Gasteiger partial charge is 0.460 e. The molecule has 0 spiro atoms. The van der Waals surface area contributed by atoms with Crippen molar-refractivity contribution in [3.8, 4) is 0 Å². The number of ether oxygens (including phenoxy) is 1. The first-order chi connectivity index (χ1) is 7.04. The molecule has 0 N–H and O–H groups in total. The normalized spacial score (nSPS) is 19.2. The Hall–Kier alpha value is -0.290. The summed E-state index contributed by atoms with van der Waals surface area (Å²) in [7, 11) is 1.59. The van der Waals surface area contributed by atoms with Gasteiger partial charge in [0.25, 0.3) is 0 Å². The van der Waals surface area contributed by atoms with E-state index in [0.29, 0.717) is 12.8 Å². The van der Waals surface area contributed by atoms with Crippen LogP contribution in [0, 0.1) is 5.41 Å². The van der Waals surface area contributed by atoms with Crippen LogP contribution in [0.15, 0.2) is 0 Å². The number of hydrogen-bond donors (Lipinski definition) is 0. The molecule has 0 bridgehead atoms. The second kappa shape index (κ2) is 4.18. The molecule has 1 aliphatic carbocycles. The Morgan fingerprint density at radius 2 is 1.88 bits per heavy atom. The van der Waals surface area contributed by atoms with Crippen LogP contribution in [0.2, 0.25) is 0 Å². The Morgan fingerprint density at radius 1 is 1.38 bits per heavy atom. The molecule has 16 heavy (non-hydrogen) atoms. The van der Waals surface area contributed by atoms with Gasteiger partial charge in [-0.3, -0.25) is 4.79 Å². The van der Waals surface area contributed by atoms with Crippen LogP contribution in [0.4, 0.5) is 0 Å². The van der Waals surface area contributed by atoms with Crippen LogP contribution in [0.1, 0.15) is 40.0 Å². The van der Waals surface area contributed by atoms with Gasteiger partial charge in [-0.05, 0) is 40.0 Å². The number of carbonyl (C=O) groups excluding carboxylic acids is 1. The lowest BCUT2D eigenvalue weighted by molar-refractivity contribution is -0.161. The Morgan fingerprint density at radius 3 is 2.19 bits per heavy atom. The molecule has 1 saturated carbocycles. The van der Waals surface area contributed by atoms with Crippen molar-refractivity contribution in [2.75, 3.05) is 5.75 Å². The van der Waals surface area contributed by atoms with E-state index < -0.39 is 20.1 Å². The Labute approximate surface area is 101 Å². The van der Waals surface area contributed by atoms with Gasteiger partial charge in [-0.2, -0.15) is 0 Å². The van der Waals surface area contributed by atoms with Gasteiger partial charge in [0.1, 0.15) is 5.60 Å². The van der Waals surface area contributed by atoms with Gasteiger partial charge in [0.05, 0.1) is 11.2 Å². The molecule has 1 fully saturated rings. The monoisotopic (exact) mass is 268 g/mol. The van der Waals surface area contributed by atoms with E-state index in [9.17, 15) is 13.2 Å². The first-order valence-corrected chi connectivity index (χ1v) is 7.68. The van der Waals surface area contributed by atoms with Crippen molar-refractivity contribution in [2.45, 2.75) is 45.6 Å². The van der Waals surface area contributed by atoms with E-state index >= 15 is 0 Å². The van der Waals surface area contributed by atoms with Gasteiger partial charge in [0.15, 0.2) is 0 Å². The molecule has 0 aromatic heterocycles. The van der Waals surface area contributed by atoms with E-state index in [1.54, 1.807) is 20.8 Å². The molecule has 0 aromatic rings. The Bertz CT molecular complexity index is 376. The molecule has 0 amide bonds. The summed E-state index contributed by atoms with van der Waals surface area (Å²) in [6, 6.07) is 0. The SMILES string of the molecule is CC(C)(C)OC(=O)C1(CCS(=O)(=O)Cl)CC1. The number of hydrogen-bond acceptors (Lipinski definition) is 4. The molecule has 4 nitrogen and oxygen atoms in total. The van der Waals surface area contributed by atoms with E-state index in [2.05, 4.69) is 0 Å². The first kappa shape index (κ1) is 13.8. The van der Waals surface area contributed by atoms with Crippen LogP contribution in [0.5, 0.6) is 0 Å². The van der Waals surface area contributed by atoms with E-state index in [-0.39, 0.29) is 18.1 Å². The summed E-state index contributed by atoms with van der Waals surface area (Å²) in [6.07, 6.45) is 1.64. The summed E-state index contributed by atoms with van der Waals surface area (Å²) in [4.78, 5) is 11.8. The van der Waals surface area contributed by atoms with Crippen molar-refractivity contribution in [1.82, 2.24) is 0 Å². The zero-order chi connectivity index (χ0) is 12.6. The highest BCUT2D eigenvalue weighted by Crippen LogP contribution is 2.50. The Kier molecular flexibility index (Phi) is 3.60. The average molecular weight is 269 g/mol. The minimum absolute atomic E-state index is 0.173. The third-order valence-electron chi connectivity index (χ3n) is 2.51. The van der Waals surface area contributed by atoms with Gasteiger partial charge in [-0.25, -0.2) is 8.42 Å². The predicted octanol–water partition coefficient (Wildman–Crippen LogP) is 2.07. The van der Waals surface area contributed by atoms with Gasteiger partial charge in [0, 0.05) is 10.7 Å². The second-order valence-corrected chi connectivity index (χ2v) is 8.17. The summed E-state index contributed by atoms with van der Waals surface area (Å²) in [5.74, 6) is -0.478. The second-order valence-electron chi connectivity index (χ2n) is 5.28. The molecule has 0 unspecified atom stereocenters. The molecule has 0 radical (unpaired) electrons. The van der Waals surface area contributed by atoms with Crippen molar-refractivity contribution in [2.24, 2.45) is 5.41 Å². The van der Waals surface area contributed by atoms with Gasteiger partial charge in [-0.15, -0.1) is 0 Å². The molecule has 0 aliphatic heterocycles. The quantitative estimate of drug-likeness (QED) is 0.578. The standard InChI is InChI=1S/C10H17ClO4S/c1-9(2,3)15-8(12)10(4-5-10)6-7-16(11,13)14/h4-7H2,1-3H3. The molecular formula is C10H17ClO4S. The molecule has 0 heterocycles. The highest BCUT2D eigenvalue weighted by atomic mass is 35.7. The molecule has 0 aromatic carbocycles. The summed E-state index contributed by atoms with van der Waals surface area (Å²) >= 11 is 0. The van der Waals surface area contributed by atoms with Crippen molar-refractivity contribution in [3.63, 3.8) is 0 Å². The number of carbonyl (C=O) groups is 1. The topological polar surface area (TPSA) is 60.4 Å². The van der Waals surface area contributed by atoms with E-state index in [1.165, 1.54) is 0 Å². The van der Waals surface area contributed by atoms with Crippen molar-refractivity contribution >= 4 is 25.7 Å². The maximum Gasteiger partial charge on any atom is 0.312 e. The van der Waals surface area contributed by atoms with Crippen LogP contribution < -0.4 is 0 Å². The van der Waals surface area contributed by atoms with Crippen molar-refractivity contribution in [3.05, 3.63) is 0 Å². The highest BCUT2D eigenvalue weighted by Gasteiger charge is 2.52. The lowest BCUT2D eigenvalue weighted by atomic mass is 10.0. The summed E-state index contributed by atoms with van der Waals surface area (Å²) in [5.41, 5.74) is -1.14. The van der Waals surface area contributed by atoms with E-state index in [4.69, 9.17) is 15.4 Å². The smallest absolute Gasteiger partial charge is 0.312 e. The van der Waals surface area contributed by atoms with E-state index in [0.717, 1.165) is 0 Å². The van der Waals surface area contributed by atoms with Crippen molar-refractivity contribution in [1.29, 1.82) is 0 Å². The minimum Gasteiger partial charge on any atom is -0.460 e. The van der Waals surface area contributed by atoms with Crippen LogP contribution in [0.25, 0.3) is 0 Å². The zero-order valence-corrected chi connectivity index (χ0v) is 11.3. The van der Waals surface area contributed by atoms with Gasteiger partial charge in [-0.1, -0.05) is 0 Å². The molecule has 0 atom stereocenters. The van der Waals surface area contributed by atoms with Crippen LogP contribution in [-0.4, -0.2) is 25.7 Å². The maximum atomic E-state index is 11.8. The van der Waals surface area contributed by atoms with Crippen LogP contribution in [0.3, 0.4) is 0 Å². The third kappa shape index (κ3) is 4.29. The number of halogens is 1. The van der Waals surface area contributed by atoms with Crippen molar-refractivity contribution < 1.29 is 17.9 Å². The molecular weight excluding hydrogens is 252 g/mol. The van der Waals surface area contributed by atoms with Gasteiger partial charge >= 0.3 is 5.97 Å². The predicted molar refractivity (Wildman–Crippen MR) is 61.8 cm³/mol. The lowest BCUT2D eigenvalue weighted by Crippen LogP contribution is -2.30. The summed E-state index contributed by atoms with van der Waals surface area (Å²) < 4.78 is 26.9. The fourth-order valence-corrected chi connectivity index (χ4v) is 2.28. The molecule has 6 heteroatoms. The number of esters is 1. The first-order valence-electron chi connectivity index (χ1n) is 5.20. The van der Waals surface area contributed by atoms with Crippen LogP contribution >= 0.6 is 10.7 Å². The lowest BCUT2D eigenvalue weighted by Gasteiger charge is -2.23. The molecule has 94 valence electrons. The fraction of sp³-hybridized carbons (Fsp3) is 0.900. The fourth-order valence-electron chi connectivity index (χ4n) is 1.41. The number of rotatable bonds is 4.